The van der Waals surface area contributed by atoms with Gasteiger partial charge in [0.25, 0.3) is 17.4 Å². The van der Waals surface area contributed by atoms with Crippen molar-refractivity contribution in [1.82, 2.24) is 4.57 Å². The van der Waals surface area contributed by atoms with Crippen LogP contribution in [0.3, 0.4) is 0 Å². The second-order valence-electron chi connectivity index (χ2n) is 12.2. The molecule has 2 aliphatic rings. The van der Waals surface area contributed by atoms with Crippen molar-refractivity contribution in [1.29, 1.82) is 0 Å². The molecule has 1 saturated heterocycles. The van der Waals surface area contributed by atoms with Gasteiger partial charge in [-0.1, -0.05) is 36.4 Å². The monoisotopic (exact) mass is 614 g/mol. The third-order valence-corrected chi connectivity index (χ3v) is 9.07. The molecule has 232 valence electrons. The third-order valence-electron chi connectivity index (χ3n) is 9.07. The lowest BCUT2D eigenvalue weighted by atomic mass is 9.83. The zero-order chi connectivity index (χ0) is 31.9. The quantitative estimate of drug-likeness (QED) is 0.242. The molecule has 1 N–H and O–H groups in total. The van der Waals surface area contributed by atoms with E-state index in [-0.39, 0.29) is 28.9 Å². The molecule has 2 atom stereocenters. The minimum atomic E-state index is -0.740. The molecule has 46 heavy (non-hydrogen) atoms. The second-order valence-corrected chi connectivity index (χ2v) is 12.2. The van der Waals surface area contributed by atoms with Crippen LogP contribution in [0.15, 0.2) is 105 Å². The molecule has 0 saturated carbocycles. The number of carbonyl (C=O) groups excluding carboxylic acids is 2. The summed E-state index contributed by atoms with van der Waals surface area (Å²) in [6.45, 7) is 6.30. The summed E-state index contributed by atoms with van der Waals surface area (Å²) in [6, 6.07) is 27.1. The topological polar surface area (TPSA) is 105 Å². The Morgan fingerprint density at radius 2 is 1.74 bits per heavy atom. The summed E-state index contributed by atoms with van der Waals surface area (Å²) in [4.78, 5) is 57.0. The maximum absolute atomic E-state index is 13.9. The Balaban J connectivity index is 1.27. The zero-order valence-corrected chi connectivity index (χ0v) is 25.7. The Bertz CT molecular complexity index is 2120. The van der Waals surface area contributed by atoms with E-state index in [1.165, 1.54) is 6.07 Å². The van der Waals surface area contributed by atoms with E-state index in [2.05, 4.69) is 10.2 Å². The normalized spacial score (nSPS) is 17.0. The molecule has 3 aromatic carbocycles. The molecule has 9 heteroatoms. The Morgan fingerprint density at radius 1 is 0.913 bits per heavy atom. The molecule has 0 aliphatic carbocycles. The summed E-state index contributed by atoms with van der Waals surface area (Å²) in [5.41, 5.74) is 3.96. The summed E-state index contributed by atoms with van der Waals surface area (Å²) in [5.74, 6) is -0.453. The molecule has 2 bridgehead atoms. The molecule has 2 aromatic heterocycles. The van der Waals surface area contributed by atoms with Crippen molar-refractivity contribution in [3.8, 4) is 0 Å². The number of fused-ring (bicyclic) bond motifs is 5. The number of piperidine rings is 1. The molecular formula is C37H34N4O5. The van der Waals surface area contributed by atoms with Gasteiger partial charge >= 0.3 is 5.63 Å². The number of para-hydroxylation sites is 1. The molecule has 2 amide bonds. The highest BCUT2D eigenvalue weighted by Crippen LogP contribution is 2.39. The van der Waals surface area contributed by atoms with Crippen molar-refractivity contribution in [2.45, 2.75) is 32.7 Å². The minimum absolute atomic E-state index is 0.0137. The van der Waals surface area contributed by atoms with Gasteiger partial charge in [0.15, 0.2) is 0 Å². The molecule has 2 aliphatic heterocycles. The smallest absolute Gasteiger partial charge is 0.349 e. The molecule has 0 radical (unpaired) electrons. The third kappa shape index (κ3) is 5.38. The van der Waals surface area contributed by atoms with E-state index in [0.717, 1.165) is 29.1 Å². The lowest BCUT2D eigenvalue weighted by Crippen LogP contribution is -2.47. The number of carbonyl (C=O) groups is 2. The second kappa shape index (κ2) is 11.8. The minimum Gasteiger partial charge on any atom is -0.422 e. The van der Waals surface area contributed by atoms with Gasteiger partial charge < -0.3 is 24.1 Å². The summed E-state index contributed by atoms with van der Waals surface area (Å²) in [7, 11) is 0. The van der Waals surface area contributed by atoms with Crippen LogP contribution in [0, 0.1) is 12.8 Å². The van der Waals surface area contributed by atoms with Crippen LogP contribution >= 0.6 is 0 Å². The van der Waals surface area contributed by atoms with Crippen molar-refractivity contribution in [3.63, 3.8) is 0 Å². The molecule has 1 fully saturated rings. The lowest BCUT2D eigenvalue weighted by molar-refractivity contribution is 0.0985. The van der Waals surface area contributed by atoms with Crippen LogP contribution in [0.5, 0.6) is 0 Å². The largest absolute Gasteiger partial charge is 0.422 e. The molecule has 0 unspecified atom stereocenters. The maximum Gasteiger partial charge on any atom is 0.349 e. The van der Waals surface area contributed by atoms with E-state index in [4.69, 9.17) is 4.42 Å². The van der Waals surface area contributed by atoms with Crippen molar-refractivity contribution in [3.05, 3.63) is 134 Å². The van der Waals surface area contributed by atoms with E-state index in [1.54, 1.807) is 41.3 Å². The number of aryl methyl sites for hydroxylation is 1. The van der Waals surface area contributed by atoms with Crippen LogP contribution < -0.4 is 26.3 Å². The van der Waals surface area contributed by atoms with Gasteiger partial charge in [0.1, 0.15) is 11.1 Å². The standard InChI is InChI=1S/C37H34N4O5/c1-3-40(28-10-6-8-23(2)16-28)36(44)26-14-15-32(39-20-24-17-27(22-39)31-11-7-13-34(42)41(31)21-24)30(19-26)38-35(43)29-18-25-9-4-5-12-33(25)46-37(29)45/h4-16,18-19,24,27H,3,17,20-22H2,1-2H3,(H,38,43)/t24-,27+/m1/s1. The fraction of sp³-hybridized carbons (Fsp3) is 0.243. The van der Waals surface area contributed by atoms with Crippen LogP contribution in [0.2, 0.25) is 0 Å². The fourth-order valence-corrected chi connectivity index (χ4v) is 6.94. The first-order valence-corrected chi connectivity index (χ1v) is 15.6. The van der Waals surface area contributed by atoms with E-state index < -0.39 is 11.5 Å². The SMILES string of the molecule is CCN(C(=O)c1ccc(N2C[C@H]3C[C@@H](C2)c2cccc(=O)n2C3)c(NC(=O)c2cc3ccccc3oc2=O)c1)c1cccc(C)c1. The van der Waals surface area contributed by atoms with Gasteiger partial charge in [-0.2, -0.15) is 0 Å². The Kier molecular flexibility index (Phi) is 7.52. The van der Waals surface area contributed by atoms with Crippen LogP contribution in [0.25, 0.3) is 11.0 Å². The first-order chi connectivity index (χ1) is 22.3. The zero-order valence-electron chi connectivity index (χ0n) is 25.7. The van der Waals surface area contributed by atoms with Crippen molar-refractivity contribution in [2.75, 3.05) is 34.8 Å². The molecule has 9 nitrogen and oxygen atoms in total. The number of hydrogen-bond donors (Lipinski definition) is 1. The number of pyridine rings is 1. The van der Waals surface area contributed by atoms with Gasteiger partial charge in [-0.3, -0.25) is 14.4 Å². The van der Waals surface area contributed by atoms with Crippen molar-refractivity contribution in [2.24, 2.45) is 5.92 Å². The Morgan fingerprint density at radius 3 is 2.57 bits per heavy atom. The Hall–Kier alpha value is -5.44. The number of nitrogens with one attached hydrogen (secondary N) is 1. The predicted octanol–water partition coefficient (Wildman–Crippen LogP) is 5.81. The molecular weight excluding hydrogens is 580 g/mol. The van der Waals surface area contributed by atoms with Crippen LogP contribution in [0.4, 0.5) is 17.1 Å². The van der Waals surface area contributed by atoms with Crippen LogP contribution in [-0.4, -0.2) is 36.0 Å². The number of amides is 2. The van der Waals surface area contributed by atoms with E-state index >= 15 is 0 Å². The lowest BCUT2D eigenvalue weighted by Gasteiger charge is -2.44. The summed E-state index contributed by atoms with van der Waals surface area (Å²) < 4.78 is 7.32. The van der Waals surface area contributed by atoms with E-state index in [0.29, 0.717) is 48.4 Å². The van der Waals surface area contributed by atoms with Crippen LogP contribution in [0.1, 0.15) is 51.2 Å². The average Bonchev–Trinajstić information content (AvgIpc) is 3.05. The summed E-state index contributed by atoms with van der Waals surface area (Å²) in [5, 5.41) is 3.59. The average molecular weight is 615 g/mol. The number of benzene rings is 3. The fourth-order valence-electron chi connectivity index (χ4n) is 6.94. The van der Waals surface area contributed by atoms with Crippen molar-refractivity contribution >= 4 is 39.8 Å². The molecule has 7 rings (SSSR count). The number of anilines is 3. The first-order valence-electron chi connectivity index (χ1n) is 15.6. The maximum atomic E-state index is 13.9. The van der Waals surface area contributed by atoms with Gasteiger partial charge in [-0.15, -0.1) is 0 Å². The molecule has 5 aromatic rings. The van der Waals surface area contributed by atoms with Crippen molar-refractivity contribution < 1.29 is 14.0 Å². The van der Waals surface area contributed by atoms with E-state index in [9.17, 15) is 19.2 Å². The van der Waals surface area contributed by atoms with Gasteiger partial charge in [-0.25, -0.2) is 4.79 Å². The van der Waals surface area contributed by atoms with Gasteiger partial charge in [-0.05, 0) is 80.3 Å². The number of hydrogen-bond acceptors (Lipinski definition) is 6. The highest BCUT2D eigenvalue weighted by atomic mass is 16.4. The number of rotatable bonds is 6. The predicted molar refractivity (Wildman–Crippen MR) is 179 cm³/mol. The van der Waals surface area contributed by atoms with Gasteiger partial charge in [0.05, 0.1) is 11.4 Å². The Labute approximate surface area is 265 Å². The first kappa shape index (κ1) is 29.3. The van der Waals surface area contributed by atoms with Gasteiger partial charge in [0, 0.05) is 60.5 Å². The van der Waals surface area contributed by atoms with E-state index in [1.807, 2.05) is 66.9 Å². The molecule has 4 heterocycles. The highest BCUT2D eigenvalue weighted by molar-refractivity contribution is 6.10. The summed E-state index contributed by atoms with van der Waals surface area (Å²) >= 11 is 0. The number of aromatic nitrogens is 1. The number of nitrogens with zero attached hydrogens (tertiary/aromatic N) is 3. The summed E-state index contributed by atoms with van der Waals surface area (Å²) in [6.07, 6.45) is 0.971. The van der Waals surface area contributed by atoms with Crippen LogP contribution in [-0.2, 0) is 6.54 Å². The molecule has 0 spiro atoms. The van der Waals surface area contributed by atoms with Gasteiger partial charge in [0.2, 0.25) is 0 Å². The highest BCUT2D eigenvalue weighted by Gasteiger charge is 2.35.